The van der Waals surface area contributed by atoms with E-state index >= 15 is 0 Å². The Kier molecular flexibility index (Phi) is 5.44. The molecule has 0 aliphatic heterocycles. The Hall–Kier alpha value is -1.26. The summed E-state index contributed by atoms with van der Waals surface area (Å²) in [6, 6.07) is 6.99. The molecular formula is C13H18ClNO3. The molecule has 1 aromatic carbocycles. The van der Waals surface area contributed by atoms with Gasteiger partial charge in [0.25, 0.3) is 5.91 Å². The molecule has 0 radical (unpaired) electrons. The van der Waals surface area contributed by atoms with Crippen molar-refractivity contribution in [3.63, 3.8) is 0 Å². The lowest BCUT2D eigenvalue weighted by atomic mass is 10.3. The maximum atomic E-state index is 11.9. The van der Waals surface area contributed by atoms with E-state index in [-0.39, 0.29) is 12.5 Å². The molecule has 1 aromatic rings. The van der Waals surface area contributed by atoms with Gasteiger partial charge < -0.3 is 14.7 Å². The number of benzene rings is 1. The first-order valence-electron chi connectivity index (χ1n) is 5.76. The lowest BCUT2D eigenvalue weighted by Gasteiger charge is -2.23. The second-order valence-electron chi connectivity index (χ2n) is 4.26. The maximum Gasteiger partial charge on any atom is 0.263 e. The third-order valence-corrected chi connectivity index (χ3v) is 2.71. The molecule has 1 rings (SSSR count). The Morgan fingerprint density at radius 3 is 2.61 bits per heavy atom. The number of para-hydroxylation sites is 1. The lowest BCUT2D eigenvalue weighted by Crippen LogP contribution is -2.41. The number of aliphatic hydroxyl groups excluding tert-OH is 1. The van der Waals surface area contributed by atoms with E-state index in [4.69, 9.17) is 16.3 Å². The average molecular weight is 272 g/mol. The van der Waals surface area contributed by atoms with Crippen LogP contribution in [0.2, 0.25) is 5.02 Å². The van der Waals surface area contributed by atoms with E-state index in [2.05, 4.69) is 0 Å². The summed E-state index contributed by atoms with van der Waals surface area (Å²) in [4.78, 5) is 13.4. The highest BCUT2D eigenvalue weighted by atomic mass is 35.5. The van der Waals surface area contributed by atoms with E-state index in [0.717, 1.165) is 0 Å². The van der Waals surface area contributed by atoms with E-state index in [0.29, 0.717) is 10.8 Å². The molecular weight excluding hydrogens is 254 g/mol. The van der Waals surface area contributed by atoms with Gasteiger partial charge in [-0.1, -0.05) is 23.7 Å². The van der Waals surface area contributed by atoms with Gasteiger partial charge in [0.1, 0.15) is 5.75 Å². The smallest absolute Gasteiger partial charge is 0.263 e. The van der Waals surface area contributed by atoms with Gasteiger partial charge in [-0.25, -0.2) is 0 Å². The van der Waals surface area contributed by atoms with Gasteiger partial charge in [0.15, 0.2) is 6.10 Å². The summed E-state index contributed by atoms with van der Waals surface area (Å²) < 4.78 is 5.50. The van der Waals surface area contributed by atoms with Crippen molar-refractivity contribution in [2.24, 2.45) is 0 Å². The Labute approximate surface area is 112 Å². The van der Waals surface area contributed by atoms with E-state index in [9.17, 15) is 9.90 Å². The number of halogens is 1. The quantitative estimate of drug-likeness (QED) is 0.890. The third kappa shape index (κ3) is 4.20. The maximum absolute atomic E-state index is 11.9. The number of amides is 1. The van der Waals surface area contributed by atoms with Crippen LogP contribution in [0.5, 0.6) is 5.75 Å². The van der Waals surface area contributed by atoms with Gasteiger partial charge in [-0.3, -0.25) is 4.79 Å². The number of hydrogen-bond donors (Lipinski definition) is 1. The van der Waals surface area contributed by atoms with E-state index < -0.39 is 12.2 Å². The molecule has 0 aliphatic rings. The molecule has 1 N–H and O–H groups in total. The van der Waals surface area contributed by atoms with E-state index in [1.165, 1.54) is 4.90 Å². The predicted molar refractivity (Wildman–Crippen MR) is 70.9 cm³/mol. The number of hydrogen-bond acceptors (Lipinski definition) is 3. The van der Waals surface area contributed by atoms with Gasteiger partial charge in [0.2, 0.25) is 0 Å². The van der Waals surface area contributed by atoms with Gasteiger partial charge in [0.05, 0.1) is 11.1 Å². The standard InChI is InChI=1S/C13H18ClNO3/c1-9(16)8-15(3)13(17)10(2)18-12-7-5-4-6-11(12)14/h4-7,9-10,16H,8H2,1-3H3. The van der Waals surface area contributed by atoms with Crippen LogP contribution in [-0.2, 0) is 4.79 Å². The zero-order chi connectivity index (χ0) is 13.7. The molecule has 2 atom stereocenters. The number of nitrogens with zero attached hydrogens (tertiary/aromatic N) is 1. The van der Waals surface area contributed by atoms with Crippen LogP contribution < -0.4 is 4.74 Å². The SMILES string of the molecule is CC(O)CN(C)C(=O)C(C)Oc1ccccc1Cl. The summed E-state index contributed by atoms with van der Waals surface area (Å²) in [5.74, 6) is 0.279. The fraction of sp³-hybridized carbons (Fsp3) is 0.462. The molecule has 0 bridgehead atoms. The molecule has 0 spiro atoms. The molecule has 4 nitrogen and oxygen atoms in total. The molecule has 5 heteroatoms. The van der Waals surface area contributed by atoms with Crippen molar-refractivity contribution in [1.82, 2.24) is 4.90 Å². The fourth-order valence-corrected chi connectivity index (χ4v) is 1.76. The lowest BCUT2D eigenvalue weighted by molar-refractivity contribution is -0.137. The predicted octanol–water partition coefficient (Wildman–Crippen LogP) is 1.95. The summed E-state index contributed by atoms with van der Waals surface area (Å²) in [7, 11) is 1.63. The van der Waals surface area contributed by atoms with Crippen molar-refractivity contribution < 1.29 is 14.6 Å². The van der Waals surface area contributed by atoms with Gasteiger partial charge in [-0.15, -0.1) is 0 Å². The zero-order valence-electron chi connectivity index (χ0n) is 10.8. The summed E-state index contributed by atoms with van der Waals surface area (Å²) in [6.45, 7) is 3.56. The van der Waals surface area contributed by atoms with Crippen LogP contribution in [0, 0.1) is 0 Å². The highest BCUT2D eigenvalue weighted by Crippen LogP contribution is 2.24. The second kappa shape index (κ2) is 6.61. The van der Waals surface area contributed by atoms with Gasteiger partial charge in [-0.05, 0) is 26.0 Å². The Morgan fingerprint density at radius 2 is 2.06 bits per heavy atom. The number of ether oxygens (including phenoxy) is 1. The largest absolute Gasteiger partial charge is 0.479 e. The van der Waals surface area contributed by atoms with Crippen molar-refractivity contribution >= 4 is 17.5 Å². The molecule has 0 aromatic heterocycles. The third-order valence-electron chi connectivity index (χ3n) is 2.40. The molecule has 1 amide bonds. The van der Waals surface area contributed by atoms with E-state index in [1.807, 2.05) is 0 Å². The van der Waals surface area contributed by atoms with Crippen LogP contribution in [0.1, 0.15) is 13.8 Å². The van der Waals surface area contributed by atoms with Gasteiger partial charge >= 0.3 is 0 Å². The van der Waals surface area contributed by atoms with Crippen LogP contribution in [0.4, 0.5) is 0 Å². The van der Waals surface area contributed by atoms with Crippen LogP contribution in [0.25, 0.3) is 0 Å². The first-order chi connectivity index (χ1) is 8.41. The molecule has 18 heavy (non-hydrogen) atoms. The molecule has 0 saturated carbocycles. The minimum Gasteiger partial charge on any atom is -0.479 e. The minimum atomic E-state index is -0.645. The molecule has 0 heterocycles. The van der Waals surface area contributed by atoms with Crippen LogP contribution in [0.15, 0.2) is 24.3 Å². The monoisotopic (exact) mass is 271 g/mol. The van der Waals surface area contributed by atoms with Gasteiger partial charge in [0, 0.05) is 13.6 Å². The Balaban J connectivity index is 2.63. The van der Waals surface area contributed by atoms with Crippen LogP contribution in [-0.4, -0.2) is 41.7 Å². The topological polar surface area (TPSA) is 49.8 Å². The first kappa shape index (κ1) is 14.8. The summed E-state index contributed by atoms with van der Waals surface area (Å²) in [5, 5.41) is 9.70. The number of likely N-dealkylation sites (N-methyl/N-ethyl adjacent to an activating group) is 1. The van der Waals surface area contributed by atoms with Crippen molar-refractivity contribution in [3.8, 4) is 5.75 Å². The summed E-state index contributed by atoms with van der Waals surface area (Å²) in [6.07, 6.45) is -1.21. The van der Waals surface area contributed by atoms with Crippen molar-refractivity contribution in [3.05, 3.63) is 29.3 Å². The Morgan fingerprint density at radius 1 is 1.44 bits per heavy atom. The second-order valence-corrected chi connectivity index (χ2v) is 4.67. The van der Waals surface area contributed by atoms with Gasteiger partial charge in [-0.2, -0.15) is 0 Å². The summed E-state index contributed by atoms with van der Waals surface area (Å²) >= 11 is 5.95. The molecule has 0 aliphatic carbocycles. The number of rotatable bonds is 5. The highest BCUT2D eigenvalue weighted by molar-refractivity contribution is 6.32. The van der Waals surface area contributed by atoms with Crippen molar-refractivity contribution in [2.45, 2.75) is 26.1 Å². The average Bonchev–Trinajstić information content (AvgIpc) is 2.30. The minimum absolute atomic E-state index is 0.198. The fourth-order valence-electron chi connectivity index (χ4n) is 1.58. The first-order valence-corrected chi connectivity index (χ1v) is 6.14. The van der Waals surface area contributed by atoms with Crippen molar-refractivity contribution in [2.75, 3.05) is 13.6 Å². The van der Waals surface area contributed by atoms with Crippen molar-refractivity contribution in [1.29, 1.82) is 0 Å². The Bertz CT molecular complexity index is 409. The van der Waals surface area contributed by atoms with E-state index in [1.54, 1.807) is 45.2 Å². The normalized spacial score (nSPS) is 13.8. The summed E-state index contributed by atoms with van der Waals surface area (Å²) in [5.41, 5.74) is 0. The molecule has 0 fully saturated rings. The molecule has 0 saturated heterocycles. The zero-order valence-corrected chi connectivity index (χ0v) is 11.5. The highest BCUT2D eigenvalue weighted by Gasteiger charge is 2.20. The molecule has 2 unspecified atom stereocenters. The number of carbonyl (C=O) groups excluding carboxylic acids is 1. The number of aliphatic hydroxyl groups is 1. The van der Waals surface area contributed by atoms with Crippen LogP contribution >= 0.6 is 11.6 Å². The number of carbonyl (C=O) groups is 1. The molecule has 100 valence electrons. The van der Waals surface area contributed by atoms with Crippen LogP contribution in [0.3, 0.4) is 0 Å².